The van der Waals surface area contributed by atoms with E-state index in [2.05, 4.69) is 15.5 Å². The molecule has 3 N–H and O–H groups in total. The van der Waals surface area contributed by atoms with Crippen LogP contribution in [-0.2, 0) is 9.59 Å². The van der Waals surface area contributed by atoms with E-state index in [0.717, 1.165) is 29.1 Å². The molecule has 2 aromatic rings. The summed E-state index contributed by atoms with van der Waals surface area (Å²) in [7, 11) is 0. The van der Waals surface area contributed by atoms with Crippen molar-refractivity contribution in [2.45, 2.75) is 45.4 Å². The summed E-state index contributed by atoms with van der Waals surface area (Å²) in [5, 5.41) is 20.6. The highest BCUT2D eigenvalue weighted by Crippen LogP contribution is 2.31. The Bertz CT molecular complexity index is 684. The molecule has 24 heavy (non-hydrogen) atoms. The average molecular weight is 368 g/mol. The van der Waals surface area contributed by atoms with E-state index < -0.39 is 0 Å². The number of hydroxylamine groups is 1. The van der Waals surface area contributed by atoms with Crippen molar-refractivity contribution in [3.05, 3.63) is 17.0 Å². The van der Waals surface area contributed by atoms with Crippen molar-refractivity contribution < 1.29 is 14.8 Å². The second-order valence-electron chi connectivity index (χ2n) is 5.32. The molecule has 0 aliphatic carbocycles. The Labute approximate surface area is 148 Å². The molecule has 7 nitrogen and oxygen atoms in total. The van der Waals surface area contributed by atoms with Crippen LogP contribution in [0, 0.1) is 6.92 Å². The maximum absolute atomic E-state index is 11.9. The van der Waals surface area contributed by atoms with Gasteiger partial charge in [0.2, 0.25) is 16.9 Å². The summed E-state index contributed by atoms with van der Waals surface area (Å²) < 4.78 is 0. The minimum Gasteiger partial charge on any atom is -0.301 e. The number of hydrogen-bond acceptors (Lipinski definition) is 7. The molecule has 130 valence electrons. The lowest BCUT2D eigenvalue weighted by Crippen LogP contribution is -2.17. The number of unbranched alkanes of at least 4 members (excludes halogenated alkanes) is 3. The van der Waals surface area contributed by atoms with Crippen molar-refractivity contribution in [3.63, 3.8) is 0 Å². The number of anilines is 1. The minimum atomic E-state index is -0.374. The molecule has 2 heterocycles. The fourth-order valence-electron chi connectivity index (χ4n) is 2.09. The zero-order valence-corrected chi connectivity index (χ0v) is 15.0. The van der Waals surface area contributed by atoms with Crippen LogP contribution in [0.5, 0.6) is 0 Å². The summed E-state index contributed by atoms with van der Waals surface area (Å²) in [5.41, 5.74) is 1.60. The summed E-state index contributed by atoms with van der Waals surface area (Å²) in [6.07, 6.45) is 3.89. The van der Waals surface area contributed by atoms with Gasteiger partial charge in [-0.25, -0.2) is 5.48 Å². The van der Waals surface area contributed by atoms with Crippen molar-refractivity contribution in [1.29, 1.82) is 0 Å². The zero-order chi connectivity index (χ0) is 17.4. The second kappa shape index (κ2) is 9.45. The van der Waals surface area contributed by atoms with Crippen LogP contribution in [0.3, 0.4) is 0 Å². The van der Waals surface area contributed by atoms with E-state index in [1.807, 2.05) is 19.1 Å². The molecule has 2 aromatic heterocycles. The van der Waals surface area contributed by atoms with Crippen molar-refractivity contribution in [1.82, 2.24) is 15.7 Å². The summed E-state index contributed by atoms with van der Waals surface area (Å²) in [5.74, 6) is -0.450. The molecular weight excluding hydrogens is 348 g/mol. The van der Waals surface area contributed by atoms with Gasteiger partial charge in [0.05, 0.1) is 4.88 Å². The summed E-state index contributed by atoms with van der Waals surface area (Å²) in [6.45, 7) is 2.04. The summed E-state index contributed by atoms with van der Waals surface area (Å²) >= 11 is 3.02. The number of aryl methyl sites for hydroxylation is 1. The Morgan fingerprint density at radius 2 is 1.75 bits per heavy atom. The van der Waals surface area contributed by atoms with Gasteiger partial charge in [0.25, 0.3) is 0 Å². The summed E-state index contributed by atoms with van der Waals surface area (Å²) in [4.78, 5) is 25.0. The van der Waals surface area contributed by atoms with Crippen LogP contribution in [0.1, 0.15) is 43.4 Å². The number of rotatable bonds is 9. The van der Waals surface area contributed by atoms with Gasteiger partial charge in [0.1, 0.15) is 0 Å². The topological polar surface area (TPSA) is 104 Å². The Hall–Kier alpha value is -1.84. The highest BCUT2D eigenvalue weighted by Gasteiger charge is 2.11. The maximum Gasteiger partial charge on any atom is 0.243 e. The van der Waals surface area contributed by atoms with Crippen LogP contribution in [0.25, 0.3) is 9.88 Å². The number of amides is 2. The lowest BCUT2D eigenvalue weighted by atomic mass is 10.1. The molecule has 0 atom stereocenters. The van der Waals surface area contributed by atoms with Crippen molar-refractivity contribution in [2.75, 3.05) is 5.32 Å². The molecule has 0 aromatic carbocycles. The van der Waals surface area contributed by atoms with Crippen LogP contribution < -0.4 is 10.8 Å². The third-order valence-electron chi connectivity index (χ3n) is 3.30. The van der Waals surface area contributed by atoms with Gasteiger partial charge in [-0.3, -0.25) is 14.8 Å². The molecule has 0 spiro atoms. The third kappa shape index (κ3) is 5.99. The molecule has 2 rings (SSSR count). The molecule has 0 unspecified atom stereocenters. The van der Waals surface area contributed by atoms with E-state index >= 15 is 0 Å². The van der Waals surface area contributed by atoms with Gasteiger partial charge in [-0.05, 0) is 31.9 Å². The first-order valence-electron chi connectivity index (χ1n) is 7.71. The van der Waals surface area contributed by atoms with E-state index in [-0.39, 0.29) is 11.8 Å². The Morgan fingerprint density at radius 3 is 2.38 bits per heavy atom. The number of nitrogens with zero attached hydrogens (tertiary/aromatic N) is 2. The first-order chi connectivity index (χ1) is 11.6. The van der Waals surface area contributed by atoms with Gasteiger partial charge in [-0.15, -0.1) is 21.5 Å². The predicted molar refractivity (Wildman–Crippen MR) is 94.2 cm³/mol. The Balaban J connectivity index is 1.66. The van der Waals surface area contributed by atoms with E-state index in [0.29, 0.717) is 24.4 Å². The highest BCUT2D eigenvalue weighted by molar-refractivity contribution is 7.23. The molecule has 0 saturated carbocycles. The fraction of sp³-hybridized carbons (Fsp3) is 0.467. The predicted octanol–water partition coefficient (Wildman–Crippen LogP) is 3.36. The molecule has 0 aliphatic heterocycles. The monoisotopic (exact) mass is 368 g/mol. The third-order valence-corrected chi connectivity index (χ3v) is 5.31. The normalized spacial score (nSPS) is 10.6. The molecule has 0 radical (unpaired) electrons. The highest BCUT2D eigenvalue weighted by atomic mass is 32.1. The van der Waals surface area contributed by atoms with E-state index in [1.54, 1.807) is 16.8 Å². The van der Waals surface area contributed by atoms with Gasteiger partial charge in [0.15, 0.2) is 5.01 Å². The second-order valence-corrected chi connectivity index (χ2v) is 7.59. The van der Waals surface area contributed by atoms with Crippen molar-refractivity contribution in [2.24, 2.45) is 0 Å². The number of hydrogen-bond donors (Lipinski definition) is 3. The van der Waals surface area contributed by atoms with Gasteiger partial charge in [-0.1, -0.05) is 24.2 Å². The number of nitrogens with one attached hydrogen (secondary N) is 2. The zero-order valence-electron chi connectivity index (χ0n) is 13.4. The largest absolute Gasteiger partial charge is 0.301 e. The lowest BCUT2D eigenvalue weighted by molar-refractivity contribution is -0.129. The molecule has 9 heteroatoms. The van der Waals surface area contributed by atoms with Crippen LogP contribution in [0.2, 0.25) is 0 Å². The van der Waals surface area contributed by atoms with Crippen LogP contribution >= 0.6 is 22.7 Å². The standard InChI is InChI=1S/C15H20N4O3S2/c1-10-8-9-11(23-10)14-17-18-15(24-14)16-12(20)6-4-2-3-5-7-13(21)19-22/h8-9,22H,2-7H2,1H3,(H,19,21)(H,16,18,20). The van der Waals surface area contributed by atoms with E-state index in [9.17, 15) is 9.59 Å². The molecular formula is C15H20N4O3S2. The Morgan fingerprint density at radius 1 is 1.04 bits per heavy atom. The molecule has 2 amide bonds. The smallest absolute Gasteiger partial charge is 0.243 e. The van der Waals surface area contributed by atoms with Gasteiger partial charge >= 0.3 is 0 Å². The van der Waals surface area contributed by atoms with Crippen molar-refractivity contribution >= 4 is 39.6 Å². The number of aromatic nitrogens is 2. The molecule has 0 fully saturated rings. The minimum absolute atomic E-state index is 0.0758. The van der Waals surface area contributed by atoms with Gasteiger partial charge < -0.3 is 5.32 Å². The van der Waals surface area contributed by atoms with Crippen LogP contribution in [0.15, 0.2) is 12.1 Å². The van der Waals surface area contributed by atoms with Crippen LogP contribution in [0.4, 0.5) is 5.13 Å². The molecule has 0 saturated heterocycles. The van der Waals surface area contributed by atoms with Crippen molar-refractivity contribution in [3.8, 4) is 9.88 Å². The quantitative estimate of drug-likeness (QED) is 0.358. The fourth-order valence-corrected chi connectivity index (χ4v) is 3.76. The van der Waals surface area contributed by atoms with Gasteiger partial charge in [0, 0.05) is 17.7 Å². The van der Waals surface area contributed by atoms with Gasteiger partial charge in [-0.2, -0.15) is 0 Å². The first kappa shape index (κ1) is 18.5. The first-order valence-corrected chi connectivity index (χ1v) is 9.35. The Kier molecular flexibility index (Phi) is 7.29. The average Bonchev–Trinajstić information content (AvgIpc) is 3.19. The van der Waals surface area contributed by atoms with Crippen LogP contribution in [-0.4, -0.2) is 27.2 Å². The number of carbonyl (C=O) groups excluding carboxylic acids is 2. The van der Waals surface area contributed by atoms with E-state index in [1.165, 1.54) is 16.2 Å². The summed E-state index contributed by atoms with van der Waals surface area (Å²) in [6, 6.07) is 4.03. The lowest BCUT2D eigenvalue weighted by Gasteiger charge is -2.01. The molecule has 0 aliphatic rings. The number of thiophene rings is 1. The number of carbonyl (C=O) groups is 2. The molecule has 0 bridgehead atoms. The van der Waals surface area contributed by atoms with E-state index in [4.69, 9.17) is 5.21 Å². The SMILES string of the molecule is Cc1ccc(-c2nnc(NC(=O)CCCCCCC(=O)NO)s2)s1. The maximum atomic E-state index is 11.9.